The predicted octanol–water partition coefficient (Wildman–Crippen LogP) is 7.19. The molecule has 1 saturated carbocycles. The van der Waals surface area contributed by atoms with Gasteiger partial charge in [0.25, 0.3) is 5.91 Å². The Kier molecular flexibility index (Phi) is 13.2. The quantitative estimate of drug-likeness (QED) is 0.203. The van der Waals surface area contributed by atoms with Crippen LogP contribution in [0.3, 0.4) is 0 Å². The van der Waals surface area contributed by atoms with Crippen LogP contribution in [0, 0.1) is 12.8 Å². The molecule has 1 heterocycles. The van der Waals surface area contributed by atoms with Crippen LogP contribution in [0.25, 0.3) is 22.4 Å². The van der Waals surface area contributed by atoms with E-state index in [2.05, 4.69) is 10.2 Å². The van der Waals surface area contributed by atoms with Crippen molar-refractivity contribution in [2.24, 2.45) is 5.92 Å². The van der Waals surface area contributed by atoms with Gasteiger partial charge in [-0.3, -0.25) is 9.59 Å². The lowest BCUT2D eigenvalue weighted by molar-refractivity contribution is -0.137. The molecular formula is C30H35Cl4N3O4. The molecule has 0 aliphatic heterocycles. The highest BCUT2D eigenvalue weighted by atomic mass is 35.5. The largest absolute Gasteiger partial charge is 0.492 e. The topological polar surface area (TPSA) is 91.8 Å². The minimum Gasteiger partial charge on any atom is -0.492 e. The average Bonchev–Trinajstić information content (AvgIpc) is 3.73. The summed E-state index contributed by atoms with van der Waals surface area (Å²) in [5.41, 5.74) is 4.03. The summed E-state index contributed by atoms with van der Waals surface area (Å²) in [5.74, 6) is -0.644. The smallest absolute Gasteiger partial charge is 0.305 e. The molecular weight excluding hydrogens is 608 g/mol. The van der Waals surface area contributed by atoms with E-state index in [1.54, 1.807) is 12.1 Å². The Bertz CT molecular complexity index is 1370. The number of aryl methyl sites for hydroxylation is 1. The fraction of sp³-hybridized carbons (Fsp3) is 0.367. The van der Waals surface area contributed by atoms with E-state index in [1.807, 2.05) is 57.4 Å². The Labute approximate surface area is 263 Å². The zero-order valence-corrected chi connectivity index (χ0v) is 26.3. The van der Waals surface area contributed by atoms with E-state index >= 15 is 0 Å². The van der Waals surface area contributed by atoms with Crippen LogP contribution in [-0.4, -0.2) is 60.2 Å². The third-order valence-corrected chi connectivity index (χ3v) is 7.30. The summed E-state index contributed by atoms with van der Waals surface area (Å²) >= 11 is 13.1. The van der Waals surface area contributed by atoms with E-state index in [-0.39, 0.29) is 42.8 Å². The first kappa shape index (κ1) is 34.7. The van der Waals surface area contributed by atoms with Crippen molar-refractivity contribution in [3.8, 4) is 28.1 Å². The van der Waals surface area contributed by atoms with Crippen molar-refractivity contribution < 1.29 is 19.4 Å². The standard InChI is InChI=1S/C30H33Cl2N3O4.2ClH/c1-18-5-10-23(31)22(15-18)21-9-12-25(30(38)34-26(17-28(36)37)19-6-7-19)33-29(21)20-8-11-24(32)27(16-20)39-14-4-13-35(2)3;;/h5,8-12,15-16,19,26H,4,6-7,13-14,17H2,1-3H3,(H,34,38)(H,36,37);2*1H. The second-order valence-electron chi connectivity index (χ2n) is 10.2. The lowest BCUT2D eigenvalue weighted by Gasteiger charge is -2.18. The number of nitrogens with one attached hydrogen (secondary N) is 1. The second kappa shape index (κ2) is 15.6. The van der Waals surface area contributed by atoms with Gasteiger partial charge in [0.05, 0.1) is 23.7 Å². The summed E-state index contributed by atoms with van der Waals surface area (Å²) in [5, 5.41) is 13.2. The zero-order valence-electron chi connectivity index (χ0n) is 23.2. The number of rotatable bonds is 12. The molecule has 0 bridgehead atoms. The molecule has 0 spiro atoms. The van der Waals surface area contributed by atoms with E-state index in [9.17, 15) is 14.7 Å². The van der Waals surface area contributed by atoms with Crippen molar-refractivity contribution >= 4 is 59.9 Å². The number of carbonyl (C=O) groups excluding carboxylic acids is 1. The van der Waals surface area contributed by atoms with Crippen molar-refractivity contribution in [3.05, 3.63) is 69.8 Å². The van der Waals surface area contributed by atoms with Crippen LogP contribution >= 0.6 is 48.0 Å². The molecule has 1 aliphatic carbocycles. The highest BCUT2D eigenvalue weighted by molar-refractivity contribution is 6.33. The lowest BCUT2D eigenvalue weighted by Crippen LogP contribution is -2.38. The van der Waals surface area contributed by atoms with Crippen LogP contribution in [-0.2, 0) is 4.79 Å². The molecule has 3 aromatic rings. The van der Waals surface area contributed by atoms with Gasteiger partial charge in [0, 0.05) is 34.3 Å². The van der Waals surface area contributed by atoms with Crippen molar-refractivity contribution in [2.75, 3.05) is 27.2 Å². The fourth-order valence-electron chi connectivity index (χ4n) is 4.46. The van der Waals surface area contributed by atoms with Crippen molar-refractivity contribution in [1.82, 2.24) is 15.2 Å². The monoisotopic (exact) mass is 641 g/mol. The number of carboxylic acids is 1. The van der Waals surface area contributed by atoms with Crippen LogP contribution in [0.4, 0.5) is 0 Å². The number of carboxylic acid groups (broad SMARTS) is 1. The number of benzene rings is 2. The van der Waals surface area contributed by atoms with E-state index < -0.39 is 17.9 Å². The SMILES string of the molecule is Cc1ccc(Cl)c(-c2ccc(C(=O)NC(CC(=O)O)C3CC3)nc2-c2ccc(Cl)c(OCCCN(C)C)c2)c1.Cl.Cl. The molecule has 1 unspecified atom stereocenters. The second-order valence-corrected chi connectivity index (χ2v) is 11.1. The fourth-order valence-corrected chi connectivity index (χ4v) is 4.85. The van der Waals surface area contributed by atoms with E-state index in [1.165, 1.54) is 0 Å². The van der Waals surface area contributed by atoms with Crippen LogP contribution in [0.2, 0.25) is 10.0 Å². The molecule has 1 atom stereocenters. The third-order valence-electron chi connectivity index (χ3n) is 6.65. The first-order chi connectivity index (χ1) is 18.6. The summed E-state index contributed by atoms with van der Waals surface area (Å²) in [6.07, 6.45) is 2.53. The van der Waals surface area contributed by atoms with Gasteiger partial charge in [0.15, 0.2) is 0 Å². The highest BCUT2D eigenvalue weighted by Gasteiger charge is 2.34. The van der Waals surface area contributed by atoms with Crippen LogP contribution in [0.1, 0.15) is 41.7 Å². The van der Waals surface area contributed by atoms with Gasteiger partial charge < -0.3 is 20.1 Å². The maximum atomic E-state index is 13.2. The number of aromatic nitrogens is 1. The Morgan fingerprint density at radius 2 is 1.76 bits per heavy atom. The molecule has 2 N–H and O–H groups in total. The van der Waals surface area contributed by atoms with Gasteiger partial charge in [-0.1, -0.05) is 40.9 Å². The number of amides is 1. The number of ether oxygens (including phenoxy) is 1. The first-order valence-electron chi connectivity index (χ1n) is 13.0. The number of hydrogen-bond donors (Lipinski definition) is 2. The summed E-state index contributed by atoms with van der Waals surface area (Å²) in [6.45, 7) is 3.37. The minimum absolute atomic E-state index is 0. The predicted molar refractivity (Wildman–Crippen MR) is 169 cm³/mol. The highest BCUT2D eigenvalue weighted by Crippen LogP contribution is 2.39. The maximum Gasteiger partial charge on any atom is 0.305 e. The number of halogens is 4. The molecule has 2 aromatic carbocycles. The maximum absolute atomic E-state index is 13.2. The van der Waals surface area contributed by atoms with Gasteiger partial charge in [0.2, 0.25) is 0 Å². The van der Waals surface area contributed by atoms with Crippen molar-refractivity contribution in [2.45, 2.75) is 38.6 Å². The number of pyridine rings is 1. The van der Waals surface area contributed by atoms with Gasteiger partial charge in [-0.05, 0) is 82.6 Å². The summed E-state index contributed by atoms with van der Waals surface area (Å²) in [6, 6.07) is 14.2. The van der Waals surface area contributed by atoms with E-state index in [0.29, 0.717) is 33.7 Å². The zero-order chi connectivity index (χ0) is 28.1. The van der Waals surface area contributed by atoms with Crippen LogP contribution < -0.4 is 10.1 Å². The molecule has 0 radical (unpaired) electrons. The Morgan fingerprint density at radius 3 is 2.41 bits per heavy atom. The third kappa shape index (κ3) is 9.48. The summed E-state index contributed by atoms with van der Waals surface area (Å²) < 4.78 is 5.99. The number of aliphatic carboxylic acids is 1. The normalized spacial score (nSPS) is 13.1. The van der Waals surface area contributed by atoms with Crippen LogP contribution in [0.5, 0.6) is 5.75 Å². The molecule has 0 saturated heterocycles. The molecule has 1 fully saturated rings. The van der Waals surface area contributed by atoms with Gasteiger partial charge >= 0.3 is 5.97 Å². The lowest BCUT2D eigenvalue weighted by atomic mass is 9.97. The van der Waals surface area contributed by atoms with Crippen molar-refractivity contribution in [1.29, 1.82) is 0 Å². The van der Waals surface area contributed by atoms with Gasteiger partial charge in [0.1, 0.15) is 11.4 Å². The molecule has 1 aromatic heterocycles. The Morgan fingerprint density at radius 1 is 1.05 bits per heavy atom. The molecule has 1 aliphatic rings. The molecule has 41 heavy (non-hydrogen) atoms. The first-order valence-corrected chi connectivity index (χ1v) is 13.8. The molecule has 4 rings (SSSR count). The Balaban J connectivity index is 0.00000294. The summed E-state index contributed by atoms with van der Waals surface area (Å²) in [7, 11) is 4.02. The molecule has 11 heteroatoms. The Hall–Kier alpha value is -2.55. The molecule has 222 valence electrons. The van der Waals surface area contributed by atoms with E-state index in [0.717, 1.165) is 42.5 Å². The van der Waals surface area contributed by atoms with Gasteiger partial charge in [-0.25, -0.2) is 4.98 Å². The van der Waals surface area contributed by atoms with Gasteiger partial charge in [-0.15, -0.1) is 24.8 Å². The molecule has 7 nitrogen and oxygen atoms in total. The number of carbonyl (C=O) groups is 2. The minimum atomic E-state index is -0.940. The molecule has 1 amide bonds. The van der Waals surface area contributed by atoms with Crippen molar-refractivity contribution in [3.63, 3.8) is 0 Å². The number of nitrogens with zero attached hydrogens (tertiary/aromatic N) is 2. The number of hydrogen-bond acceptors (Lipinski definition) is 5. The van der Waals surface area contributed by atoms with Crippen LogP contribution in [0.15, 0.2) is 48.5 Å². The van der Waals surface area contributed by atoms with E-state index in [4.69, 9.17) is 32.9 Å². The average molecular weight is 643 g/mol. The summed E-state index contributed by atoms with van der Waals surface area (Å²) in [4.78, 5) is 31.4. The van der Waals surface area contributed by atoms with Gasteiger partial charge in [-0.2, -0.15) is 0 Å².